The van der Waals surface area contributed by atoms with Crippen molar-refractivity contribution in [1.82, 2.24) is 0 Å². The number of benzene rings is 3. The van der Waals surface area contributed by atoms with Gasteiger partial charge in [-0.15, -0.1) is 0 Å². The molecule has 1 saturated heterocycles. The van der Waals surface area contributed by atoms with Crippen LogP contribution in [0.4, 0.5) is 5.69 Å². The lowest BCUT2D eigenvalue weighted by Gasteiger charge is -2.26. The summed E-state index contributed by atoms with van der Waals surface area (Å²) < 4.78 is 5.52. The molecule has 34 heavy (non-hydrogen) atoms. The van der Waals surface area contributed by atoms with Crippen LogP contribution in [-0.2, 0) is 15.0 Å². The quantitative estimate of drug-likeness (QED) is 0.301. The number of nitrogens with zero attached hydrogens (tertiary/aromatic N) is 1. The van der Waals surface area contributed by atoms with Crippen molar-refractivity contribution >= 4 is 23.1 Å². The van der Waals surface area contributed by atoms with Crippen LogP contribution in [0.15, 0.2) is 78.4 Å². The minimum absolute atomic E-state index is 0.0711. The monoisotopic (exact) mass is 455 g/mol. The third-order valence-corrected chi connectivity index (χ3v) is 6.15. The topological polar surface area (TPSA) is 66.8 Å². The first-order valence-electron chi connectivity index (χ1n) is 11.2. The Morgan fingerprint density at radius 2 is 1.59 bits per heavy atom. The summed E-state index contributed by atoms with van der Waals surface area (Å²) in [6.45, 7) is 8.11. The van der Waals surface area contributed by atoms with Gasteiger partial charge >= 0.3 is 0 Å². The van der Waals surface area contributed by atoms with Crippen molar-refractivity contribution in [3.63, 3.8) is 0 Å². The molecule has 0 saturated carbocycles. The van der Waals surface area contributed by atoms with Crippen molar-refractivity contribution in [3.8, 4) is 5.75 Å². The van der Waals surface area contributed by atoms with E-state index in [9.17, 15) is 14.7 Å². The Morgan fingerprint density at radius 3 is 2.18 bits per heavy atom. The van der Waals surface area contributed by atoms with Crippen molar-refractivity contribution in [1.29, 1.82) is 0 Å². The zero-order valence-electron chi connectivity index (χ0n) is 20.1. The van der Waals surface area contributed by atoms with Crippen molar-refractivity contribution in [2.24, 2.45) is 0 Å². The fourth-order valence-corrected chi connectivity index (χ4v) is 4.35. The fraction of sp³-hybridized carbons (Fsp3) is 0.241. The smallest absolute Gasteiger partial charge is 0.300 e. The number of methoxy groups -OCH3 is 1. The summed E-state index contributed by atoms with van der Waals surface area (Å²) in [5.41, 5.74) is 3.57. The van der Waals surface area contributed by atoms with Crippen LogP contribution in [-0.4, -0.2) is 23.9 Å². The summed E-state index contributed by atoms with van der Waals surface area (Å²) >= 11 is 0. The number of carbonyl (C=O) groups is 2. The molecule has 5 heteroatoms. The van der Waals surface area contributed by atoms with Crippen LogP contribution in [0.2, 0.25) is 0 Å². The molecule has 3 aromatic carbocycles. The molecule has 0 bridgehead atoms. The number of ether oxygens (including phenoxy) is 1. The molecule has 0 aliphatic carbocycles. The molecule has 0 spiro atoms. The van der Waals surface area contributed by atoms with Gasteiger partial charge < -0.3 is 9.84 Å². The van der Waals surface area contributed by atoms with E-state index < -0.39 is 17.7 Å². The van der Waals surface area contributed by atoms with Gasteiger partial charge in [-0.2, -0.15) is 0 Å². The standard InChI is InChI=1S/C29H29NO4/c1-18-11-14-21(15-12-18)30-25(19-9-7-6-8-10-19)24(27(32)28(30)33)26(31)20-13-16-23(34-5)22(17-20)29(2,3)4/h6-17,25,31H,1-5H3/b26-24-. The lowest BCUT2D eigenvalue weighted by atomic mass is 9.84. The number of carbonyl (C=O) groups excluding carboxylic acids is 2. The van der Waals surface area contributed by atoms with Crippen LogP contribution in [0.1, 0.15) is 49.1 Å². The van der Waals surface area contributed by atoms with Gasteiger partial charge in [0.1, 0.15) is 11.5 Å². The Labute approximate surface area is 200 Å². The van der Waals surface area contributed by atoms with E-state index >= 15 is 0 Å². The molecular weight excluding hydrogens is 426 g/mol. The van der Waals surface area contributed by atoms with Crippen molar-refractivity contribution in [3.05, 3.63) is 101 Å². The van der Waals surface area contributed by atoms with E-state index in [-0.39, 0.29) is 16.7 Å². The zero-order chi connectivity index (χ0) is 24.6. The Balaban J connectivity index is 1.94. The van der Waals surface area contributed by atoms with Crippen LogP contribution >= 0.6 is 0 Å². The van der Waals surface area contributed by atoms with Gasteiger partial charge in [0.05, 0.1) is 18.7 Å². The van der Waals surface area contributed by atoms with Crippen LogP contribution in [0.3, 0.4) is 0 Å². The van der Waals surface area contributed by atoms with Crippen LogP contribution < -0.4 is 9.64 Å². The average molecular weight is 456 g/mol. The van der Waals surface area contributed by atoms with Crippen molar-refractivity contribution in [2.75, 3.05) is 12.0 Å². The first-order chi connectivity index (χ1) is 16.1. The second kappa shape index (κ2) is 8.82. The summed E-state index contributed by atoms with van der Waals surface area (Å²) in [4.78, 5) is 28.1. The molecule has 1 N–H and O–H groups in total. The average Bonchev–Trinajstić information content (AvgIpc) is 3.09. The van der Waals surface area contributed by atoms with Gasteiger partial charge in [0.15, 0.2) is 0 Å². The van der Waals surface area contributed by atoms with E-state index in [4.69, 9.17) is 4.74 Å². The van der Waals surface area contributed by atoms with Gasteiger partial charge in [-0.05, 0) is 48.2 Å². The molecule has 3 aromatic rings. The van der Waals surface area contributed by atoms with E-state index in [1.54, 1.807) is 19.2 Å². The van der Waals surface area contributed by atoms with Gasteiger partial charge in [-0.1, -0.05) is 68.8 Å². The van der Waals surface area contributed by atoms with E-state index in [0.717, 1.165) is 16.7 Å². The number of amides is 1. The Hall–Kier alpha value is -3.86. The number of aliphatic hydroxyl groups is 1. The number of Topliss-reactive ketones (excluding diaryl/α,β-unsaturated/α-hetero) is 1. The first-order valence-corrected chi connectivity index (χ1v) is 11.2. The summed E-state index contributed by atoms with van der Waals surface area (Å²) in [6, 6.07) is 21.3. The highest BCUT2D eigenvalue weighted by molar-refractivity contribution is 6.51. The highest BCUT2D eigenvalue weighted by atomic mass is 16.5. The van der Waals surface area contributed by atoms with Gasteiger partial charge in [0.2, 0.25) is 0 Å². The number of aryl methyl sites for hydroxylation is 1. The maximum absolute atomic E-state index is 13.3. The highest BCUT2D eigenvalue weighted by Gasteiger charge is 2.47. The lowest BCUT2D eigenvalue weighted by molar-refractivity contribution is -0.132. The number of aliphatic hydroxyl groups excluding tert-OH is 1. The SMILES string of the molecule is COc1ccc(/C(O)=C2/C(=O)C(=O)N(c3ccc(C)cc3)C2c2ccccc2)cc1C(C)(C)C. The second-order valence-electron chi connectivity index (χ2n) is 9.58. The van der Waals surface area contributed by atoms with E-state index in [1.165, 1.54) is 4.90 Å². The highest BCUT2D eigenvalue weighted by Crippen LogP contribution is 2.43. The molecule has 174 valence electrons. The van der Waals surface area contributed by atoms with Gasteiger partial charge in [0, 0.05) is 16.8 Å². The number of hydrogen-bond acceptors (Lipinski definition) is 4. The molecule has 0 radical (unpaired) electrons. The lowest BCUT2D eigenvalue weighted by Crippen LogP contribution is -2.29. The van der Waals surface area contributed by atoms with Crippen molar-refractivity contribution in [2.45, 2.75) is 39.2 Å². The molecule has 0 aromatic heterocycles. The molecule has 1 atom stereocenters. The summed E-state index contributed by atoms with van der Waals surface area (Å²) in [7, 11) is 1.60. The van der Waals surface area contributed by atoms with Crippen molar-refractivity contribution < 1.29 is 19.4 Å². The second-order valence-corrected chi connectivity index (χ2v) is 9.58. The molecule has 1 fully saturated rings. The Bertz CT molecular complexity index is 1270. The largest absolute Gasteiger partial charge is 0.507 e. The third-order valence-electron chi connectivity index (χ3n) is 6.15. The number of ketones is 1. The predicted molar refractivity (Wildman–Crippen MR) is 134 cm³/mol. The molecule has 4 rings (SSSR count). The number of rotatable bonds is 4. The van der Waals surface area contributed by atoms with Gasteiger partial charge in [-0.3, -0.25) is 14.5 Å². The minimum atomic E-state index is -0.746. The first kappa shape index (κ1) is 23.3. The van der Waals surface area contributed by atoms with E-state index in [1.807, 2.05) is 67.6 Å². The Morgan fingerprint density at radius 1 is 0.941 bits per heavy atom. The van der Waals surface area contributed by atoms with Gasteiger partial charge in [0.25, 0.3) is 11.7 Å². The maximum atomic E-state index is 13.3. The zero-order valence-corrected chi connectivity index (χ0v) is 20.1. The molecule has 1 aliphatic rings. The third kappa shape index (κ3) is 4.10. The fourth-order valence-electron chi connectivity index (χ4n) is 4.35. The van der Waals surface area contributed by atoms with Crippen LogP contribution in [0, 0.1) is 6.92 Å². The maximum Gasteiger partial charge on any atom is 0.300 e. The summed E-state index contributed by atoms with van der Waals surface area (Å²) in [5.74, 6) is -0.873. The number of hydrogen-bond donors (Lipinski definition) is 1. The molecule has 1 amide bonds. The van der Waals surface area contributed by atoms with E-state index in [0.29, 0.717) is 17.0 Å². The van der Waals surface area contributed by atoms with Gasteiger partial charge in [-0.25, -0.2) is 0 Å². The number of anilines is 1. The predicted octanol–water partition coefficient (Wildman–Crippen LogP) is 5.93. The Kier molecular flexibility index (Phi) is 6.05. The normalized spacial score (nSPS) is 17.8. The molecule has 5 nitrogen and oxygen atoms in total. The van der Waals surface area contributed by atoms with E-state index in [2.05, 4.69) is 20.8 Å². The van der Waals surface area contributed by atoms with Crippen LogP contribution in [0.25, 0.3) is 5.76 Å². The molecule has 1 unspecified atom stereocenters. The van der Waals surface area contributed by atoms with Crippen LogP contribution in [0.5, 0.6) is 5.75 Å². The minimum Gasteiger partial charge on any atom is -0.507 e. The summed E-state index contributed by atoms with van der Waals surface area (Å²) in [6.07, 6.45) is 0. The molecule has 1 aliphatic heterocycles. The molecule has 1 heterocycles. The molecular formula is C29H29NO4. The summed E-state index contributed by atoms with van der Waals surface area (Å²) in [5, 5.41) is 11.4.